The van der Waals surface area contributed by atoms with Gasteiger partial charge in [-0.3, -0.25) is 4.79 Å². The summed E-state index contributed by atoms with van der Waals surface area (Å²) >= 11 is 5.97. The summed E-state index contributed by atoms with van der Waals surface area (Å²) in [7, 11) is 1.60. The van der Waals surface area contributed by atoms with Crippen molar-refractivity contribution in [2.45, 2.75) is 13.0 Å². The lowest BCUT2D eigenvalue weighted by Crippen LogP contribution is -2.31. The summed E-state index contributed by atoms with van der Waals surface area (Å²) in [5.74, 6) is 1.27. The number of hydrogen-bond donors (Lipinski definition) is 2. The third kappa shape index (κ3) is 3.10. The summed E-state index contributed by atoms with van der Waals surface area (Å²) in [6.45, 7) is 1.80. The molecule has 0 bridgehead atoms. The highest BCUT2D eigenvalue weighted by atomic mass is 35.5. The molecule has 0 fully saturated rings. The van der Waals surface area contributed by atoms with Gasteiger partial charge in [0, 0.05) is 16.3 Å². The number of anilines is 1. The van der Waals surface area contributed by atoms with Gasteiger partial charge in [-0.25, -0.2) is 4.68 Å². The third-order valence-electron chi connectivity index (χ3n) is 4.65. The number of ether oxygens (including phenoxy) is 1. The number of allylic oxidation sites excluding steroid dienone is 1. The van der Waals surface area contributed by atoms with E-state index in [0.29, 0.717) is 28.1 Å². The van der Waals surface area contributed by atoms with Gasteiger partial charge in [0.05, 0.1) is 12.7 Å². The predicted octanol–water partition coefficient (Wildman–Crippen LogP) is 3.38. The summed E-state index contributed by atoms with van der Waals surface area (Å²) in [5, 5.41) is 8.41. The molecule has 1 aliphatic heterocycles. The number of hydrogen-bond acceptors (Lipinski definition) is 5. The van der Waals surface area contributed by atoms with Gasteiger partial charge in [0.15, 0.2) is 5.82 Å². The normalized spacial score (nSPS) is 15.8. The Hall–Kier alpha value is -3.32. The SMILES string of the molecule is COc1ccc([C@@H]2C(C(N)=O)=C(C)Nc3nc(-c4ccc(Cl)cc4)nn32)cc1. The second-order valence-electron chi connectivity index (χ2n) is 6.41. The molecule has 0 aliphatic carbocycles. The maximum Gasteiger partial charge on any atom is 0.248 e. The lowest BCUT2D eigenvalue weighted by Gasteiger charge is -2.27. The summed E-state index contributed by atoms with van der Waals surface area (Å²) in [5.41, 5.74) is 8.45. The zero-order valence-electron chi connectivity index (χ0n) is 15.3. The third-order valence-corrected chi connectivity index (χ3v) is 4.90. The van der Waals surface area contributed by atoms with Crippen molar-refractivity contribution in [3.8, 4) is 17.1 Å². The van der Waals surface area contributed by atoms with E-state index in [4.69, 9.17) is 22.1 Å². The van der Waals surface area contributed by atoms with Crippen LogP contribution in [0, 0.1) is 0 Å². The van der Waals surface area contributed by atoms with Crippen LogP contribution in [0.5, 0.6) is 5.75 Å². The monoisotopic (exact) mass is 395 g/mol. The molecule has 0 saturated carbocycles. The van der Waals surface area contributed by atoms with E-state index in [0.717, 1.165) is 16.9 Å². The maximum absolute atomic E-state index is 12.2. The van der Waals surface area contributed by atoms with Gasteiger partial charge in [-0.15, -0.1) is 5.10 Å². The number of nitrogens with zero attached hydrogens (tertiary/aromatic N) is 3. The summed E-state index contributed by atoms with van der Waals surface area (Å²) in [4.78, 5) is 16.8. The molecule has 1 atom stereocenters. The molecule has 1 aliphatic rings. The molecule has 142 valence electrons. The summed E-state index contributed by atoms with van der Waals surface area (Å²) in [6.07, 6.45) is 0. The minimum atomic E-state index is -0.514. The van der Waals surface area contributed by atoms with Gasteiger partial charge < -0.3 is 15.8 Å². The van der Waals surface area contributed by atoms with E-state index in [-0.39, 0.29) is 0 Å². The van der Waals surface area contributed by atoms with Crippen LogP contribution in [0.2, 0.25) is 5.02 Å². The van der Waals surface area contributed by atoms with Gasteiger partial charge >= 0.3 is 0 Å². The van der Waals surface area contributed by atoms with Gasteiger partial charge in [0.1, 0.15) is 11.8 Å². The molecular weight excluding hydrogens is 378 g/mol. The van der Waals surface area contributed by atoms with Crippen LogP contribution in [0.25, 0.3) is 11.4 Å². The van der Waals surface area contributed by atoms with Gasteiger partial charge in [0.25, 0.3) is 0 Å². The molecule has 1 aromatic heterocycles. The predicted molar refractivity (Wildman–Crippen MR) is 107 cm³/mol. The number of primary amides is 1. The fraction of sp³-hybridized carbons (Fsp3) is 0.150. The van der Waals surface area contributed by atoms with E-state index in [1.165, 1.54) is 0 Å². The fourth-order valence-corrected chi connectivity index (χ4v) is 3.41. The first-order chi connectivity index (χ1) is 13.5. The largest absolute Gasteiger partial charge is 0.497 e. The number of fused-ring (bicyclic) bond motifs is 1. The number of benzene rings is 2. The van der Waals surface area contributed by atoms with Crippen molar-refractivity contribution >= 4 is 23.5 Å². The fourth-order valence-electron chi connectivity index (χ4n) is 3.29. The Morgan fingerprint density at radius 2 is 1.86 bits per heavy atom. The Balaban J connectivity index is 1.84. The van der Waals surface area contributed by atoms with E-state index in [9.17, 15) is 4.79 Å². The highest BCUT2D eigenvalue weighted by Crippen LogP contribution is 2.36. The molecule has 0 saturated heterocycles. The number of carbonyl (C=O) groups excluding carboxylic acids is 1. The molecule has 0 spiro atoms. The molecule has 2 aromatic carbocycles. The van der Waals surface area contributed by atoms with Crippen molar-refractivity contribution in [2.75, 3.05) is 12.4 Å². The minimum absolute atomic E-state index is 0.435. The van der Waals surface area contributed by atoms with E-state index >= 15 is 0 Å². The van der Waals surface area contributed by atoms with Crippen LogP contribution in [0.3, 0.4) is 0 Å². The number of nitrogens with two attached hydrogens (primary N) is 1. The van der Waals surface area contributed by atoms with Crippen molar-refractivity contribution in [1.29, 1.82) is 0 Å². The van der Waals surface area contributed by atoms with E-state index in [2.05, 4.69) is 15.4 Å². The molecule has 28 heavy (non-hydrogen) atoms. The van der Waals surface area contributed by atoms with Crippen LogP contribution < -0.4 is 15.8 Å². The standard InChI is InChI=1S/C20H18ClN5O2/c1-11-16(18(22)27)17(12-5-9-15(28-2)10-6-12)26-20(23-11)24-19(25-26)13-3-7-14(21)8-4-13/h3-10,17H,1-2H3,(H2,22,27)(H,23,24,25)/t17-/m1/s1. The molecule has 8 heteroatoms. The van der Waals surface area contributed by atoms with Crippen LogP contribution in [0.15, 0.2) is 59.8 Å². The number of nitrogens with one attached hydrogen (secondary N) is 1. The summed E-state index contributed by atoms with van der Waals surface area (Å²) < 4.78 is 6.91. The smallest absolute Gasteiger partial charge is 0.248 e. The first-order valence-electron chi connectivity index (χ1n) is 8.62. The van der Waals surface area contributed by atoms with Gasteiger partial charge in [0.2, 0.25) is 11.9 Å². The Bertz CT molecular complexity index is 1070. The second kappa shape index (κ2) is 7.01. The first-order valence-corrected chi connectivity index (χ1v) is 8.99. The van der Waals surface area contributed by atoms with Crippen molar-refractivity contribution < 1.29 is 9.53 Å². The van der Waals surface area contributed by atoms with Crippen molar-refractivity contribution in [2.24, 2.45) is 5.73 Å². The van der Waals surface area contributed by atoms with Crippen molar-refractivity contribution in [1.82, 2.24) is 14.8 Å². The molecule has 4 rings (SSSR count). The van der Waals surface area contributed by atoms with Crippen LogP contribution in [-0.2, 0) is 4.79 Å². The Morgan fingerprint density at radius 3 is 2.46 bits per heavy atom. The van der Waals surface area contributed by atoms with Crippen LogP contribution in [0.4, 0.5) is 5.95 Å². The molecule has 0 unspecified atom stereocenters. The molecule has 2 heterocycles. The van der Waals surface area contributed by atoms with Crippen LogP contribution in [0.1, 0.15) is 18.5 Å². The Kier molecular flexibility index (Phi) is 4.52. The molecule has 1 amide bonds. The van der Waals surface area contributed by atoms with E-state index < -0.39 is 11.9 Å². The minimum Gasteiger partial charge on any atom is -0.497 e. The van der Waals surface area contributed by atoms with Gasteiger partial charge in [-0.1, -0.05) is 23.7 Å². The number of methoxy groups -OCH3 is 1. The lowest BCUT2D eigenvalue weighted by atomic mass is 9.95. The zero-order valence-corrected chi connectivity index (χ0v) is 16.1. The van der Waals surface area contributed by atoms with E-state index in [1.54, 1.807) is 30.8 Å². The highest BCUT2D eigenvalue weighted by Gasteiger charge is 2.33. The number of halogens is 1. The highest BCUT2D eigenvalue weighted by molar-refractivity contribution is 6.30. The van der Waals surface area contributed by atoms with Gasteiger partial charge in [-0.2, -0.15) is 4.98 Å². The number of amides is 1. The number of rotatable bonds is 4. The van der Waals surface area contributed by atoms with E-state index in [1.807, 2.05) is 36.4 Å². The summed E-state index contributed by atoms with van der Waals surface area (Å²) in [6, 6.07) is 14.2. The van der Waals surface area contributed by atoms with Crippen LogP contribution >= 0.6 is 11.6 Å². The zero-order chi connectivity index (χ0) is 19.8. The molecule has 7 nitrogen and oxygen atoms in total. The molecule has 3 aromatic rings. The molecule has 3 N–H and O–H groups in total. The van der Waals surface area contributed by atoms with Crippen LogP contribution in [-0.4, -0.2) is 27.8 Å². The lowest BCUT2D eigenvalue weighted by molar-refractivity contribution is -0.115. The Labute approximate surface area is 166 Å². The van der Waals surface area contributed by atoms with Crippen molar-refractivity contribution in [3.05, 3.63) is 70.4 Å². The van der Waals surface area contributed by atoms with Gasteiger partial charge in [-0.05, 0) is 48.9 Å². The second-order valence-corrected chi connectivity index (χ2v) is 6.85. The first kappa shape index (κ1) is 18.1. The maximum atomic E-state index is 12.2. The quantitative estimate of drug-likeness (QED) is 0.706. The molecular formula is C20H18ClN5O2. The number of aromatic nitrogens is 3. The van der Waals surface area contributed by atoms with Crippen molar-refractivity contribution in [3.63, 3.8) is 0 Å². The number of carbonyl (C=O) groups is 1. The Morgan fingerprint density at radius 1 is 1.18 bits per heavy atom. The average molecular weight is 396 g/mol. The topological polar surface area (TPSA) is 95.1 Å². The molecule has 0 radical (unpaired) electrons. The average Bonchev–Trinajstić information content (AvgIpc) is 3.10.